The summed E-state index contributed by atoms with van der Waals surface area (Å²) in [5.41, 5.74) is 6.19. The number of nitrogens with zero attached hydrogens (tertiary/aromatic N) is 3. The normalized spacial score (nSPS) is 25.2. The number of carbonyl (C=O) groups excluding carboxylic acids is 1. The monoisotopic (exact) mass is 310 g/mol. The van der Waals surface area contributed by atoms with Gasteiger partial charge in [-0.25, -0.2) is 8.42 Å². The van der Waals surface area contributed by atoms with Crippen LogP contribution in [0.25, 0.3) is 0 Å². The van der Waals surface area contributed by atoms with Gasteiger partial charge in [-0.2, -0.15) is 0 Å². The van der Waals surface area contributed by atoms with Gasteiger partial charge < -0.3 is 15.5 Å². The molecule has 0 aromatic carbocycles. The minimum atomic E-state index is -3.48. The van der Waals surface area contributed by atoms with E-state index in [1.165, 1.54) is 0 Å². The van der Waals surface area contributed by atoms with E-state index < -0.39 is 10.0 Å². The highest BCUT2D eigenvalue weighted by Gasteiger charge is 2.32. The van der Waals surface area contributed by atoms with E-state index in [1.54, 1.807) is 28.2 Å². The fourth-order valence-electron chi connectivity index (χ4n) is 2.66. The molecule has 0 saturated carbocycles. The van der Waals surface area contributed by atoms with Gasteiger partial charge >= 0.3 is 0 Å². The van der Waals surface area contributed by atoms with Crippen LogP contribution in [-0.2, 0) is 14.8 Å². The summed E-state index contributed by atoms with van der Waals surface area (Å²) in [4.78, 5) is 16.0. The van der Waals surface area contributed by atoms with Crippen LogP contribution >= 0.6 is 0 Å². The van der Waals surface area contributed by atoms with E-state index >= 15 is 0 Å². The minimum absolute atomic E-state index is 0.0269. The lowest BCUT2D eigenvalue weighted by atomic mass is 10.0. The molecule has 3 aliphatic heterocycles. The molecule has 3 aliphatic rings. The summed E-state index contributed by atoms with van der Waals surface area (Å²) in [5, 5.41) is 0. The topological polar surface area (TPSA) is 96.1 Å². The number of hydrogen-bond donors (Lipinski definition) is 1. The highest BCUT2D eigenvalue weighted by atomic mass is 32.2. The van der Waals surface area contributed by atoms with Crippen LogP contribution in [0.3, 0.4) is 0 Å². The molecule has 0 atom stereocenters. The fourth-order valence-corrected chi connectivity index (χ4v) is 3.64. The van der Waals surface area contributed by atoms with Crippen molar-refractivity contribution in [3.05, 3.63) is 23.9 Å². The van der Waals surface area contributed by atoms with Crippen LogP contribution in [-0.4, -0.2) is 61.4 Å². The first-order valence-corrected chi connectivity index (χ1v) is 8.60. The highest BCUT2D eigenvalue weighted by molar-refractivity contribution is 7.90. The molecule has 2 N–H and O–H groups in total. The molecule has 0 aliphatic carbocycles. The number of hydrogen-bond acceptors (Lipinski definition) is 5. The zero-order valence-electron chi connectivity index (χ0n) is 11.6. The van der Waals surface area contributed by atoms with Crippen LogP contribution in [0.4, 0.5) is 0 Å². The third-order valence-electron chi connectivity index (χ3n) is 3.91. The number of sulfonamides is 1. The van der Waals surface area contributed by atoms with Gasteiger partial charge in [0.05, 0.1) is 11.3 Å². The van der Waals surface area contributed by atoms with E-state index in [1.807, 2.05) is 0 Å². The van der Waals surface area contributed by atoms with Crippen LogP contribution in [0.2, 0.25) is 0 Å². The maximum Gasteiger partial charge on any atom is 0.257 e. The largest absolute Gasteiger partial charge is 0.338 e. The Balaban J connectivity index is 1.87. The first-order valence-electron chi connectivity index (χ1n) is 6.99. The lowest BCUT2D eigenvalue weighted by Crippen LogP contribution is -2.47. The van der Waals surface area contributed by atoms with Gasteiger partial charge in [0.1, 0.15) is 0 Å². The van der Waals surface area contributed by atoms with Gasteiger partial charge in [0.25, 0.3) is 15.9 Å². The SMILES string of the molecule is NC1CCN(C(=O)C2=CC=CN3CCS(=O)(=O)N=C23)CC1. The Kier molecular flexibility index (Phi) is 3.58. The van der Waals surface area contributed by atoms with Crippen molar-refractivity contribution in [1.29, 1.82) is 0 Å². The van der Waals surface area contributed by atoms with Crippen molar-refractivity contribution >= 4 is 21.8 Å². The molecule has 0 aromatic rings. The molecule has 3 heterocycles. The number of fused-ring (bicyclic) bond motifs is 1. The van der Waals surface area contributed by atoms with Crippen molar-refractivity contribution in [2.24, 2.45) is 10.1 Å². The van der Waals surface area contributed by atoms with Gasteiger partial charge in [0, 0.05) is 31.9 Å². The number of rotatable bonds is 1. The molecule has 3 rings (SSSR count). The van der Waals surface area contributed by atoms with Crippen LogP contribution in [0.15, 0.2) is 28.3 Å². The third kappa shape index (κ3) is 2.86. The lowest BCUT2D eigenvalue weighted by Gasteiger charge is -2.34. The number of amides is 1. The summed E-state index contributed by atoms with van der Waals surface area (Å²) in [5.74, 6) is 0.0386. The quantitative estimate of drug-likeness (QED) is 0.700. The number of nitrogens with two attached hydrogens (primary N) is 1. The highest BCUT2D eigenvalue weighted by Crippen LogP contribution is 2.21. The maximum atomic E-state index is 12.6. The molecule has 21 heavy (non-hydrogen) atoms. The van der Waals surface area contributed by atoms with E-state index in [4.69, 9.17) is 5.73 Å². The molecular weight excluding hydrogens is 292 g/mol. The van der Waals surface area contributed by atoms with Gasteiger partial charge in [0.2, 0.25) is 0 Å². The van der Waals surface area contributed by atoms with E-state index in [0.717, 1.165) is 12.8 Å². The van der Waals surface area contributed by atoms with Crippen LogP contribution in [0.5, 0.6) is 0 Å². The fraction of sp³-hybridized carbons (Fsp3) is 0.538. The Labute approximate surface area is 123 Å². The molecule has 114 valence electrons. The molecule has 8 heteroatoms. The Morgan fingerprint density at radius 2 is 2.00 bits per heavy atom. The van der Waals surface area contributed by atoms with E-state index in [0.29, 0.717) is 25.2 Å². The van der Waals surface area contributed by atoms with Crippen molar-refractivity contribution in [2.75, 3.05) is 25.4 Å². The molecule has 0 unspecified atom stereocenters. The minimum Gasteiger partial charge on any atom is -0.338 e. The second kappa shape index (κ2) is 5.27. The molecular formula is C13H18N4O3S. The molecule has 0 aromatic heterocycles. The van der Waals surface area contributed by atoms with Gasteiger partial charge in [-0.3, -0.25) is 4.79 Å². The van der Waals surface area contributed by atoms with E-state index in [9.17, 15) is 13.2 Å². The first kappa shape index (κ1) is 14.3. The van der Waals surface area contributed by atoms with Crippen molar-refractivity contribution in [1.82, 2.24) is 9.80 Å². The molecule has 0 spiro atoms. The smallest absolute Gasteiger partial charge is 0.257 e. The van der Waals surface area contributed by atoms with Gasteiger partial charge in [-0.05, 0) is 25.0 Å². The Hall–Kier alpha value is -1.67. The summed E-state index contributed by atoms with van der Waals surface area (Å²) in [6.07, 6.45) is 6.66. The second-order valence-electron chi connectivity index (χ2n) is 5.45. The first-order chi connectivity index (χ1) is 9.96. The number of amidine groups is 1. The summed E-state index contributed by atoms with van der Waals surface area (Å²) in [6, 6.07) is 0.137. The van der Waals surface area contributed by atoms with Crippen LogP contribution < -0.4 is 5.73 Å². The van der Waals surface area contributed by atoms with Crippen molar-refractivity contribution in [3.63, 3.8) is 0 Å². The van der Waals surface area contributed by atoms with E-state index in [2.05, 4.69) is 4.40 Å². The second-order valence-corrected chi connectivity index (χ2v) is 7.20. The van der Waals surface area contributed by atoms with Crippen molar-refractivity contribution in [2.45, 2.75) is 18.9 Å². The maximum absolute atomic E-state index is 12.6. The van der Waals surface area contributed by atoms with E-state index in [-0.39, 0.29) is 23.5 Å². The molecule has 0 bridgehead atoms. The number of likely N-dealkylation sites (tertiary alicyclic amines) is 1. The summed E-state index contributed by atoms with van der Waals surface area (Å²) in [7, 11) is -3.48. The molecule has 1 saturated heterocycles. The summed E-state index contributed by atoms with van der Waals surface area (Å²) >= 11 is 0. The number of piperidine rings is 1. The third-order valence-corrected chi connectivity index (χ3v) is 5.06. The predicted octanol–water partition coefficient (Wildman–Crippen LogP) is -0.566. The van der Waals surface area contributed by atoms with Gasteiger partial charge in [0.15, 0.2) is 5.84 Å². The average molecular weight is 310 g/mol. The molecule has 1 fully saturated rings. The lowest BCUT2D eigenvalue weighted by molar-refractivity contribution is -0.127. The zero-order chi connectivity index (χ0) is 15.0. The van der Waals surface area contributed by atoms with Crippen molar-refractivity contribution < 1.29 is 13.2 Å². The molecule has 0 radical (unpaired) electrons. The number of allylic oxidation sites excluding steroid dienone is 2. The average Bonchev–Trinajstić information content (AvgIpc) is 2.46. The Bertz CT molecular complexity index is 642. The number of carbonyl (C=O) groups is 1. The standard InChI is InChI=1S/C13H18N4O3S/c14-10-3-6-17(7-4-10)13(18)11-2-1-5-16-8-9-21(19,20)15-12(11)16/h1-2,5,10H,3-4,6-9,14H2. The zero-order valence-corrected chi connectivity index (χ0v) is 12.4. The Morgan fingerprint density at radius 1 is 1.29 bits per heavy atom. The molecule has 7 nitrogen and oxygen atoms in total. The van der Waals surface area contributed by atoms with Crippen LogP contribution in [0, 0.1) is 0 Å². The summed E-state index contributed by atoms with van der Waals surface area (Å²) < 4.78 is 27.1. The summed E-state index contributed by atoms with van der Waals surface area (Å²) in [6.45, 7) is 1.52. The van der Waals surface area contributed by atoms with Crippen LogP contribution in [0.1, 0.15) is 12.8 Å². The van der Waals surface area contributed by atoms with Crippen molar-refractivity contribution in [3.8, 4) is 0 Å². The van der Waals surface area contributed by atoms with Gasteiger partial charge in [-0.1, -0.05) is 0 Å². The Morgan fingerprint density at radius 3 is 2.71 bits per heavy atom. The predicted molar refractivity (Wildman–Crippen MR) is 78.9 cm³/mol. The molecule has 1 amide bonds. The van der Waals surface area contributed by atoms with Gasteiger partial charge in [-0.15, -0.1) is 4.40 Å².